The van der Waals surface area contributed by atoms with Crippen LogP contribution < -0.4 is 19.3 Å². The zero-order valence-electron chi connectivity index (χ0n) is 45.7. The number of halogens is 11. The van der Waals surface area contributed by atoms with E-state index < -0.39 is 72.0 Å². The quantitative estimate of drug-likeness (QED) is 0.0541. The number of esters is 2. The number of carbonyl (C=O) groups is 4. The Morgan fingerprint density at radius 1 is 0.554 bits per heavy atom. The number of benzene rings is 6. The zero-order chi connectivity index (χ0) is 60.8. The summed E-state index contributed by atoms with van der Waals surface area (Å²) in [6.45, 7) is 3.66. The van der Waals surface area contributed by atoms with Crippen molar-refractivity contribution in [1.82, 2.24) is 4.90 Å². The molecule has 2 aliphatic rings. The van der Waals surface area contributed by atoms with Crippen molar-refractivity contribution in [2.24, 2.45) is 0 Å². The molecule has 0 saturated carbocycles. The molecule has 2 heterocycles. The molecule has 2 amide bonds. The largest absolute Gasteiger partial charge is 0.496 e. The van der Waals surface area contributed by atoms with Crippen molar-refractivity contribution in [3.63, 3.8) is 0 Å². The number of hydrogen-bond acceptors (Lipinski definition) is 9. The first-order chi connectivity index (χ1) is 37.8. The van der Waals surface area contributed by atoms with Crippen LogP contribution in [-0.2, 0) is 42.8 Å². The first-order valence-electron chi connectivity index (χ1n) is 24.4. The Hall–Kier alpha value is -6.97. The molecule has 6 aromatic carbocycles. The molecule has 0 bridgehead atoms. The molecule has 2 atom stereocenters. The molecule has 6 aromatic rings. The van der Waals surface area contributed by atoms with Crippen LogP contribution in [0.2, 0.25) is 10.0 Å². The second-order valence-corrected chi connectivity index (χ2v) is 20.4. The summed E-state index contributed by atoms with van der Waals surface area (Å²) in [6.07, 6.45) is -9.50. The standard InChI is InChI=1S/2C24H16ClF4NO4.C5H14N.C3H9N.C2H5Cl.2CH4/c2*1-33-20-10-8-16(25)12-18(20)23(26)17-9-7-15(24(27,28)29)11-19(17)30(22(23)32)13-34-21(31)14-5-3-2-4-6-14;1-5-6(2,3)4;1-4(2)3;1-2-3;;/h2*2-12H,13H2,1H3;5H2,1-4H3;1-3H3;2H2,1H3;2*1H4/q;;+1;;;;. The molecule has 0 radical (unpaired) electrons. The van der Waals surface area contributed by atoms with E-state index in [0.717, 1.165) is 22.5 Å². The van der Waals surface area contributed by atoms with Gasteiger partial charge in [-0.3, -0.25) is 19.4 Å². The van der Waals surface area contributed by atoms with Crippen LogP contribution in [0.15, 0.2) is 133 Å². The third-order valence-corrected chi connectivity index (χ3v) is 12.2. The molecule has 0 spiro atoms. The number of fused-ring (bicyclic) bond motifs is 2. The Morgan fingerprint density at radius 2 is 0.855 bits per heavy atom. The number of methoxy groups -OCH3 is 2. The van der Waals surface area contributed by atoms with E-state index in [1.165, 1.54) is 81.4 Å². The van der Waals surface area contributed by atoms with E-state index in [1.54, 1.807) is 36.4 Å². The van der Waals surface area contributed by atoms with Gasteiger partial charge < -0.3 is 28.3 Å². The van der Waals surface area contributed by atoms with Crippen LogP contribution in [-0.4, -0.2) is 116 Å². The summed E-state index contributed by atoms with van der Waals surface area (Å²) in [5.41, 5.74) is -9.82. The van der Waals surface area contributed by atoms with Gasteiger partial charge in [0.2, 0.25) is 11.3 Å². The normalized spacial score (nSPS) is 15.8. The summed E-state index contributed by atoms with van der Waals surface area (Å²) in [5.74, 6) is -3.51. The maximum atomic E-state index is 16.6. The zero-order valence-corrected chi connectivity index (χ0v) is 48.0. The lowest BCUT2D eigenvalue weighted by atomic mass is 9.88. The lowest BCUT2D eigenvalue weighted by Crippen LogP contribution is -2.40. The van der Waals surface area contributed by atoms with Gasteiger partial charge in [0, 0.05) is 38.2 Å². The van der Waals surface area contributed by atoms with Gasteiger partial charge >= 0.3 is 24.3 Å². The Kier molecular flexibility index (Phi) is 26.5. The Labute approximate surface area is 494 Å². The minimum Gasteiger partial charge on any atom is -0.496 e. The monoisotopic (exact) mass is 1230 g/mol. The molecule has 0 aliphatic carbocycles. The number of alkyl halides is 9. The smallest absolute Gasteiger partial charge is 0.416 e. The van der Waals surface area contributed by atoms with Crippen LogP contribution in [0.1, 0.15) is 82.8 Å². The van der Waals surface area contributed by atoms with E-state index in [-0.39, 0.29) is 81.2 Å². The van der Waals surface area contributed by atoms with Gasteiger partial charge in [-0.05, 0) is 113 Å². The molecule has 12 nitrogen and oxygen atoms in total. The molecule has 8 rings (SSSR count). The van der Waals surface area contributed by atoms with Crippen molar-refractivity contribution in [2.75, 3.05) is 92.2 Å². The highest BCUT2D eigenvalue weighted by molar-refractivity contribution is 6.31. The highest BCUT2D eigenvalue weighted by Gasteiger charge is 2.57. The van der Waals surface area contributed by atoms with Crippen molar-refractivity contribution in [3.05, 3.63) is 188 Å². The van der Waals surface area contributed by atoms with E-state index in [9.17, 15) is 45.5 Å². The lowest BCUT2D eigenvalue weighted by Gasteiger charge is -2.23. The van der Waals surface area contributed by atoms with Gasteiger partial charge in [0.05, 0.1) is 75.5 Å². The maximum Gasteiger partial charge on any atom is 0.416 e. The topological polar surface area (TPSA) is 115 Å². The number of ether oxygens (including phenoxy) is 4. The van der Waals surface area contributed by atoms with Crippen LogP contribution in [0.25, 0.3) is 0 Å². The van der Waals surface area contributed by atoms with Gasteiger partial charge in [-0.2, -0.15) is 26.3 Å². The molecule has 0 aromatic heterocycles. The first kappa shape index (κ1) is 72.1. The number of carbonyl (C=O) groups excluding carboxylic acids is 4. The second-order valence-electron chi connectivity index (χ2n) is 19.0. The highest BCUT2D eigenvalue weighted by Crippen LogP contribution is 2.53. The average molecular weight is 1230 g/mol. The van der Waals surface area contributed by atoms with Crippen molar-refractivity contribution in [3.8, 4) is 11.5 Å². The molecular formula is C60H68Cl3F8N4O8+. The van der Waals surface area contributed by atoms with Gasteiger partial charge in [0.1, 0.15) is 11.5 Å². The number of amides is 2. The summed E-state index contributed by atoms with van der Waals surface area (Å²) < 4.78 is 135. The molecule has 452 valence electrons. The maximum absolute atomic E-state index is 16.6. The summed E-state index contributed by atoms with van der Waals surface area (Å²) in [5, 5.41) is 0.172. The minimum atomic E-state index is -4.75. The van der Waals surface area contributed by atoms with E-state index in [0.29, 0.717) is 34.1 Å². The van der Waals surface area contributed by atoms with Crippen molar-refractivity contribution < 1.29 is 77.7 Å². The van der Waals surface area contributed by atoms with Gasteiger partial charge in [-0.25, -0.2) is 18.4 Å². The highest BCUT2D eigenvalue weighted by atomic mass is 35.5. The van der Waals surface area contributed by atoms with E-state index in [1.807, 2.05) is 33.0 Å². The Balaban J connectivity index is 0.000000459. The molecule has 0 N–H and O–H groups in total. The summed E-state index contributed by atoms with van der Waals surface area (Å²) >= 11 is 17.0. The van der Waals surface area contributed by atoms with Gasteiger partial charge in [-0.15, -0.1) is 11.6 Å². The fraction of sp³-hybridized carbons (Fsp3) is 0.333. The number of anilines is 2. The number of nitrogens with zero attached hydrogens (tertiary/aromatic N) is 4. The lowest BCUT2D eigenvalue weighted by molar-refractivity contribution is -0.868. The van der Waals surface area contributed by atoms with Crippen molar-refractivity contribution >= 4 is 69.9 Å². The van der Waals surface area contributed by atoms with Crippen LogP contribution in [0, 0.1) is 0 Å². The van der Waals surface area contributed by atoms with Crippen LogP contribution in [0.4, 0.5) is 46.5 Å². The number of rotatable bonds is 11. The van der Waals surface area contributed by atoms with Gasteiger partial charge in [0.15, 0.2) is 13.5 Å². The fourth-order valence-electron chi connectivity index (χ4n) is 7.50. The predicted molar refractivity (Wildman–Crippen MR) is 309 cm³/mol. The third kappa shape index (κ3) is 17.8. The Bertz CT molecular complexity index is 2930. The first-order valence-corrected chi connectivity index (χ1v) is 25.7. The molecule has 83 heavy (non-hydrogen) atoms. The second kappa shape index (κ2) is 30.5. The number of hydrogen-bond donors (Lipinski definition) is 0. The Morgan fingerprint density at radius 3 is 1.12 bits per heavy atom. The molecular weight excluding hydrogens is 1160 g/mol. The predicted octanol–water partition coefficient (Wildman–Crippen LogP) is 14.9. The molecule has 23 heteroatoms. The van der Waals surface area contributed by atoms with Crippen molar-refractivity contribution in [1.29, 1.82) is 0 Å². The summed E-state index contributed by atoms with van der Waals surface area (Å²) in [6, 6.07) is 27.8. The van der Waals surface area contributed by atoms with E-state index >= 15 is 8.78 Å². The van der Waals surface area contributed by atoms with E-state index in [2.05, 4.69) is 28.1 Å². The summed E-state index contributed by atoms with van der Waals surface area (Å²) in [7, 11) is 15.0. The third-order valence-electron chi connectivity index (χ3n) is 11.7. The summed E-state index contributed by atoms with van der Waals surface area (Å²) in [4.78, 5) is 54.7. The van der Waals surface area contributed by atoms with Crippen LogP contribution >= 0.6 is 34.8 Å². The molecule has 0 fully saturated rings. The molecule has 2 aliphatic heterocycles. The molecule has 0 saturated heterocycles. The fourth-order valence-corrected chi connectivity index (χ4v) is 7.85. The van der Waals surface area contributed by atoms with Crippen LogP contribution in [0.3, 0.4) is 0 Å². The van der Waals surface area contributed by atoms with Gasteiger partial charge in [-0.1, -0.05) is 93.5 Å². The van der Waals surface area contributed by atoms with E-state index in [4.69, 9.17) is 53.8 Å². The van der Waals surface area contributed by atoms with Crippen LogP contribution in [0.5, 0.6) is 11.5 Å². The molecule has 2 unspecified atom stereocenters. The van der Waals surface area contributed by atoms with Gasteiger partial charge in [0.25, 0.3) is 11.8 Å². The minimum absolute atomic E-state index is 0. The van der Waals surface area contributed by atoms with Crippen molar-refractivity contribution in [2.45, 2.75) is 52.4 Å². The SMILES string of the molecule is C.C.CCCl.CC[N+](C)(C)C.CN(C)C.COc1ccc(Cl)cc1C1(F)C(=O)N(COC(=O)c2ccccc2)c2cc(C(F)(F)F)ccc21.COc1ccc(Cl)cc1C1(F)C(=O)N(COC(=O)c2ccccc2)c2cc(C(F)(F)F)ccc21. The average Bonchev–Trinajstić information content (AvgIpc) is 2.18. The number of quaternary nitrogens is 1.